The fraction of sp³-hybridized carbons (Fsp3) is 0. The lowest BCUT2D eigenvalue weighted by atomic mass is 9.86. The summed E-state index contributed by atoms with van der Waals surface area (Å²) in [5.74, 6) is 0. The van der Waals surface area contributed by atoms with E-state index in [0.717, 1.165) is 5.56 Å². The van der Waals surface area contributed by atoms with E-state index in [9.17, 15) is 0 Å². The molecule has 0 saturated heterocycles. The predicted molar refractivity (Wildman–Crippen MR) is 199 cm³/mol. The van der Waals surface area contributed by atoms with Gasteiger partial charge in [-0.25, -0.2) is 0 Å². The molecule has 0 amide bonds. The Morgan fingerprint density at radius 1 is 0.362 bits per heavy atom. The summed E-state index contributed by atoms with van der Waals surface area (Å²) in [6.45, 7) is 0. The van der Waals surface area contributed by atoms with Crippen LogP contribution in [0.15, 0.2) is 170 Å². The SMILES string of the molecule is c1cncc(-c2ccccc2-c2ccc3ccc4c(-c5ccc(-n6c7ccccc7c7ccccc76)cc5)ccc5ccc2c3c54)c1. The molecule has 0 saturated carbocycles. The summed E-state index contributed by atoms with van der Waals surface area (Å²) in [6, 6.07) is 57.6. The average molecular weight is 597 g/mol. The number of aromatic nitrogens is 2. The Hall–Kier alpha value is -6.25. The van der Waals surface area contributed by atoms with Gasteiger partial charge in [0.1, 0.15) is 0 Å². The minimum absolute atomic E-state index is 1.13. The topological polar surface area (TPSA) is 17.8 Å². The first-order valence-corrected chi connectivity index (χ1v) is 16.1. The Labute approximate surface area is 272 Å². The fourth-order valence-corrected chi connectivity index (χ4v) is 7.77. The lowest BCUT2D eigenvalue weighted by Gasteiger charge is -2.18. The molecule has 10 rings (SSSR count). The number of hydrogen-bond donors (Lipinski definition) is 0. The molecule has 8 aromatic carbocycles. The van der Waals surface area contributed by atoms with Gasteiger partial charge in [-0.2, -0.15) is 0 Å². The van der Waals surface area contributed by atoms with Crippen LogP contribution in [0, 0.1) is 0 Å². The molecule has 47 heavy (non-hydrogen) atoms. The summed E-state index contributed by atoms with van der Waals surface area (Å²) in [5.41, 5.74) is 10.9. The number of hydrogen-bond acceptors (Lipinski definition) is 1. The van der Waals surface area contributed by atoms with Gasteiger partial charge in [0.2, 0.25) is 0 Å². The van der Waals surface area contributed by atoms with Crippen LogP contribution in [-0.2, 0) is 0 Å². The largest absolute Gasteiger partial charge is 0.309 e. The third-order valence-corrected chi connectivity index (χ3v) is 9.87. The van der Waals surface area contributed by atoms with Gasteiger partial charge < -0.3 is 4.57 Å². The Morgan fingerprint density at radius 3 is 1.60 bits per heavy atom. The van der Waals surface area contributed by atoms with Crippen molar-refractivity contribution in [3.8, 4) is 39.1 Å². The molecule has 0 fully saturated rings. The second-order valence-electron chi connectivity index (χ2n) is 12.4. The third-order valence-electron chi connectivity index (χ3n) is 9.87. The maximum atomic E-state index is 4.41. The molecule has 0 bridgehead atoms. The molecule has 10 aromatic rings. The van der Waals surface area contributed by atoms with E-state index in [2.05, 4.69) is 161 Å². The van der Waals surface area contributed by atoms with Crippen molar-refractivity contribution < 1.29 is 0 Å². The maximum absolute atomic E-state index is 4.41. The standard InChI is InChI=1S/C45H28N2/c1-2-10-36(34(9-1)32-8-7-27-46-28-32)37-24-18-31-19-25-40-35(23-17-30-20-26-41(37)45(31)44(30)40)29-15-21-33(22-16-29)47-42-13-5-3-11-38(42)39-12-4-6-14-43(39)47/h1-28H. The molecule has 2 heterocycles. The number of fused-ring (bicyclic) bond motifs is 3. The minimum atomic E-state index is 1.13. The van der Waals surface area contributed by atoms with Crippen molar-refractivity contribution in [2.75, 3.05) is 0 Å². The van der Waals surface area contributed by atoms with E-state index in [-0.39, 0.29) is 0 Å². The van der Waals surface area contributed by atoms with Gasteiger partial charge in [-0.1, -0.05) is 127 Å². The Kier molecular flexibility index (Phi) is 5.61. The first kappa shape index (κ1) is 26.0. The van der Waals surface area contributed by atoms with E-state index >= 15 is 0 Å². The second kappa shape index (κ2) is 10.1. The van der Waals surface area contributed by atoms with E-state index in [1.165, 1.54) is 87.6 Å². The molecule has 0 aliphatic heterocycles. The number of rotatable bonds is 4. The summed E-state index contributed by atoms with van der Waals surface area (Å²) in [7, 11) is 0. The van der Waals surface area contributed by atoms with Crippen molar-refractivity contribution in [3.63, 3.8) is 0 Å². The third kappa shape index (κ3) is 3.89. The van der Waals surface area contributed by atoms with E-state index in [1.54, 1.807) is 0 Å². The normalized spacial score (nSPS) is 11.8. The molecule has 0 unspecified atom stereocenters. The summed E-state index contributed by atoms with van der Waals surface area (Å²) >= 11 is 0. The monoisotopic (exact) mass is 596 g/mol. The zero-order chi connectivity index (χ0) is 30.9. The average Bonchev–Trinajstić information content (AvgIpc) is 3.48. The lowest BCUT2D eigenvalue weighted by molar-refractivity contribution is 1.18. The summed E-state index contributed by atoms with van der Waals surface area (Å²) < 4.78 is 2.38. The predicted octanol–water partition coefficient (Wildman–Crippen LogP) is 12.1. The molecule has 0 radical (unpaired) electrons. The number of pyridine rings is 1. The highest BCUT2D eigenvalue weighted by molar-refractivity contribution is 6.27. The van der Waals surface area contributed by atoms with E-state index in [4.69, 9.17) is 0 Å². The molecule has 0 spiro atoms. The van der Waals surface area contributed by atoms with Gasteiger partial charge in [0.25, 0.3) is 0 Å². The highest BCUT2D eigenvalue weighted by atomic mass is 15.0. The molecule has 0 aliphatic rings. The van der Waals surface area contributed by atoms with Crippen LogP contribution in [0.3, 0.4) is 0 Å². The minimum Gasteiger partial charge on any atom is -0.309 e. The quantitative estimate of drug-likeness (QED) is 0.185. The first-order chi connectivity index (χ1) is 23.3. The van der Waals surface area contributed by atoms with E-state index < -0.39 is 0 Å². The molecule has 2 nitrogen and oxygen atoms in total. The van der Waals surface area contributed by atoms with Gasteiger partial charge in [-0.05, 0) is 90.5 Å². The van der Waals surface area contributed by atoms with E-state index in [1.807, 2.05) is 18.5 Å². The van der Waals surface area contributed by atoms with Crippen LogP contribution in [0.5, 0.6) is 0 Å². The van der Waals surface area contributed by atoms with Gasteiger partial charge in [-0.3, -0.25) is 4.98 Å². The Bertz CT molecular complexity index is 2720. The highest BCUT2D eigenvalue weighted by Crippen LogP contribution is 2.44. The summed E-state index contributed by atoms with van der Waals surface area (Å²) in [6.07, 6.45) is 3.78. The zero-order valence-electron chi connectivity index (χ0n) is 25.6. The number of nitrogens with zero attached hydrogens (tertiary/aromatic N) is 2. The van der Waals surface area contributed by atoms with Crippen LogP contribution in [-0.4, -0.2) is 9.55 Å². The van der Waals surface area contributed by atoms with Crippen LogP contribution < -0.4 is 0 Å². The fourth-order valence-electron chi connectivity index (χ4n) is 7.77. The van der Waals surface area contributed by atoms with Crippen LogP contribution in [0.1, 0.15) is 0 Å². The Morgan fingerprint density at radius 2 is 0.936 bits per heavy atom. The van der Waals surface area contributed by atoms with Crippen LogP contribution in [0.2, 0.25) is 0 Å². The lowest BCUT2D eigenvalue weighted by Crippen LogP contribution is -1.94. The van der Waals surface area contributed by atoms with Gasteiger partial charge in [0.15, 0.2) is 0 Å². The van der Waals surface area contributed by atoms with Crippen LogP contribution in [0.25, 0.3) is 93.2 Å². The van der Waals surface area contributed by atoms with Crippen molar-refractivity contribution >= 4 is 54.1 Å². The van der Waals surface area contributed by atoms with Gasteiger partial charge in [-0.15, -0.1) is 0 Å². The van der Waals surface area contributed by atoms with Crippen LogP contribution in [0.4, 0.5) is 0 Å². The summed E-state index contributed by atoms with van der Waals surface area (Å²) in [4.78, 5) is 4.41. The first-order valence-electron chi connectivity index (χ1n) is 16.1. The summed E-state index contributed by atoms with van der Waals surface area (Å²) in [5, 5.41) is 10.3. The maximum Gasteiger partial charge on any atom is 0.0541 e. The van der Waals surface area contributed by atoms with Gasteiger partial charge in [0.05, 0.1) is 11.0 Å². The molecule has 0 N–H and O–H groups in total. The smallest absolute Gasteiger partial charge is 0.0541 e. The molecule has 0 atom stereocenters. The molecule has 2 heteroatoms. The molecule has 2 aromatic heterocycles. The van der Waals surface area contributed by atoms with Crippen molar-refractivity contribution in [2.24, 2.45) is 0 Å². The zero-order valence-corrected chi connectivity index (χ0v) is 25.6. The van der Waals surface area contributed by atoms with Gasteiger partial charge >= 0.3 is 0 Å². The van der Waals surface area contributed by atoms with Crippen molar-refractivity contribution in [1.82, 2.24) is 9.55 Å². The number of para-hydroxylation sites is 2. The second-order valence-corrected chi connectivity index (χ2v) is 12.4. The molecule has 218 valence electrons. The van der Waals surface area contributed by atoms with Crippen LogP contribution >= 0.6 is 0 Å². The molecule has 0 aliphatic carbocycles. The Balaban J connectivity index is 1.15. The van der Waals surface area contributed by atoms with E-state index in [0.29, 0.717) is 0 Å². The molecular formula is C45H28N2. The van der Waals surface area contributed by atoms with Crippen molar-refractivity contribution in [3.05, 3.63) is 170 Å². The van der Waals surface area contributed by atoms with Crippen molar-refractivity contribution in [1.29, 1.82) is 0 Å². The highest BCUT2D eigenvalue weighted by Gasteiger charge is 2.17. The van der Waals surface area contributed by atoms with Gasteiger partial charge in [0, 0.05) is 34.4 Å². The molecular weight excluding hydrogens is 569 g/mol. The number of benzene rings is 8. The van der Waals surface area contributed by atoms with Crippen molar-refractivity contribution in [2.45, 2.75) is 0 Å².